The maximum Gasteiger partial charge on any atom is 0.243 e. The summed E-state index contributed by atoms with van der Waals surface area (Å²) in [5.74, 6) is 2.26. The summed E-state index contributed by atoms with van der Waals surface area (Å²) >= 11 is 1.54. The van der Waals surface area contributed by atoms with Gasteiger partial charge in [0.25, 0.3) is 0 Å². The molecule has 2 amide bonds. The van der Waals surface area contributed by atoms with Gasteiger partial charge in [-0.05, 0) is 47.4 Å². The van der Waals surface area contributed by atoms with Crippen molar-refractivity contribution in [1.29, 1.82) is 0 Å². The summed E-state index contributed by atoms with van der Waals surface area (Å²) in [5.41, 5.74) is 3.03. The van der Waals surface area contributed by atoms with Gasteiger partial charge in [-0.3, -0.25) is 9.59 Å². The van der Waals surface area contributed by atoms with Crippen LogP contribution in [0.15, 0.2) is 78.9 Å². The number of nitrogens with one attached hydrogen (secondary N) is 1. The molecule has 6 nitrogen and oxygen atoms in total. The Morgan fingerprint density at radius 2 is 1.57 bits per heavy atom. The molecule has 3 aromatic carbocycles. The van der Waals surface area contributed by atoms with Gasteiger partial charge in [0.1, 0.15) is 17.5 Å². The molecule has 7 heteroatoms. The van der Waals surface area contributed by atoms with Crippen molar-refractivity contribution in [3.63, 3.8) is 0 Å². The third-order valence-corrected chi connectivity index (χ3v) is 6.95. The SMILES string of the molecule is CCCNC(=O)[C@@H](Cc1ccccc1)N(Cc1cccc(OC)c1)C(=O)CSCc1ccc(OC)cc1. The van der Waals surface area contributed by atoms with Crippen molar-refractivity contribution < 1.29 is 19.1 Å². The summed E-state index contributed by atoms with van der Waals surface area (Å²) in [7, 11) is 3.26. The first kappa shape index (κ1) is 28.1. The summed E-state index contributed by atoms with van der Waals surface area (Å²) < 4.78 is 10.6. The van der Waals surface area contributed by atoms with Crippen molar-refractivity contribution in [2.45, 2.75) is 38.1 Å². The lowest BCUT2D eigenvalue weighted by Crippen LogP contribution is -2.51. The van der Waals surface area contributed by atoms with E-state index >= 15 is 0 Å². The zero-order chi connectivity index (χ0) is 26.5. The minimum atomic E-state index is -0.630. The van der Waals surface area contributed by atoms with E-state index in [1.165, 1.54) is 11.8 Å². The first-order valence-corrected chi connectivity index (χ1v) is 13.6. The number of carbonyl (C=O) groups excluding carboxylic acids is 2. The van der Waals surface area contributed by atoms with E-state index in [2.05, 4.69) is 5.32 Å². The van der Waals surface area contributed by atoms with Crippen LogP contribution < -0.4 is 14.8 Å². The fourth-order valence-electron chi connectivity index (χ4n) is 3.95. The molecule has 0 aliphatic heterocycles. The van der Waals surface area contributed by atoms with E-state index < -0.39 is 6.04 Å². The predicted octanol–water partition coefficient (Wildman–Crippen LogP) is 5.10. The Balaban J connectivity index is 1.82. The van der Waals surface area contributed by atoms with Crippen molar-refractivity contribution in [2.75, 3.05) is 26.5 Å². The number of amides is 2. The Morgan fingerprint density at radius 3 is 2.24 bits per heavy atom. The quantitative estimate of drug-likeness (QED) is 0.320. The normalized spacial score (nSPS) is 11.4. The number of carbonyl (C=O) groups is 2. The van der Waals surface area contributed by atoms with Crippen LogP contribution in [0.25, 0.3) is 0 Å². The van der Waals surface area contributed by atoms with E-state index in [1.54, 1.807) is 19.1 Å². The Bertz CT molecular complexity index is 1120. The number of ether oxygens (including phenoxy) is 2. The second-order valence-corrected chi connectivity index (χ2v) is 9.70. The fraction of sp³-hybridized carbons (Fsp3) is 0.333. The van der Waals surface area contributed by atoms with Crippen LogP contribution in [-0.4, -0.2) is 49.3 Å². The van der Waals surface area contributed by atoms with Gasteiger partial charge in [0, 0.05) is 25.3 Å². The highest BCUT2D eigenvalue weighted by Gasteiger charge is 2.30. The van der Waals surface area contributed by atoms with Crippen LogP contribution in [-0.2, 0) is 28.3 Å². The van der Waals surface area contributed by atoms with Crippen LogP contribution in [0.1, 0.15) is 30.0 Å². The molecule has 0 saturated carbocycles. The molecule has 0 bridgehead atoms. The lowest BCUT2D eigenvalue weighted by Gasteiger charge is -2.31. The fourth-order valence-corrected chi connectivity index (χ4v) is 4.82. The van der Waals surface area contributed by atoms with E-state index in [-0.39, 0.29) is 17.6 Å². The highest BCUT2D eigenvalue weighted by molar-refractivity contribution is 7.99. The standard InChI is InChI=1S/C30H36N2O4S/c1-4-17-31-30(34)28(19-23-9-6-5-7-10-23)32(20-25-11-8-12-27(18-25)36-3)29(33)22-37-21-24-13-15-26(35-2)16-14-24/h5-16,18,28H,4,17,19-22H2,1-3H3,(H,31,34)/t28-/m1/s1. The summed E-state index contributed by atoms with van der Waals surface area (Å²) in [6.07, 6.45) is 1.26. The zero-order valence-corrected chi connectivity index (χ0v) is 22.6. The number of nitrogens with zero attached hydrogens (tertiary/aromatic N) is 1. The largest absolute Gasteiger partial charge is 0.497 e. The molecular weight excluding hydrogens is 484 g/mol. The highest BCUT2D eigenvalue weighted by atomic mass is 32.2. The second kappa shape index (κ2) is 15.0. The Hall–Kier alpha value is -3.45. The summed E-state index contributed by atoms with van der Waals surface area (Å²) in [5, 5.41) is 3.01. The molecule has 0 aliphatic carbocycles. The molecular formula is C30H36N2O4S. The van der Waals surface area contributed by atoms with Crippen LogP contribution in [0.4, 0.5) is 0 Å². The van der Waals surface area contributed by atoms with Crippen molar-refractivity contribution >= 4 is 23.6 Å². The topological polar surface area (TPSA) is 67.9 Å². The van der Waals surface area contributed by atoms with Crippen molar-refractivity contribution in [1.82, 2.24) is 10.2 Å². The minimum absolute atomic E-state index is 0.0751. The maximum atomic E-state index is 13.7. The molecule has 0 unspecified atom stereocenters. The van der Waals surface area contributed by atoms with Crippen LogP contribution in [0.3, 0.4) is 0 Å². The first-order valence-electron chi connectivity index (χ1n) is 12.5. The van der Waals surface area contributed by atoms with Gasteiger partial charge in [-0.15, -0.1) is 11.8 Å². The third-order valence-electron chi connectivity index (χ3n) is 5.96. The van der Waals surface area contributed by atoms with E-state index in [1.807, 2.05) is 85.8 Å². The lowest BCUT2D eigenvalue weighted by atomic mass is 10.0. The molecule has 37 heavy (non-hydrogen) atoms. The van der Waals surface area contributed by atoms with Crippen molar-refractivity contribution in [2.24, 2.45) is 0 Å². The molecule has 0 aromatic heterocycles. The molecule has 1 atom stereocenters. The van der Waals surface area contributed by atoms with Gasteiger partial charge in [0.2, 0.25) is 11.8 Å². The van der Waals surface area contributed by atoms with Gasteiger partial charge in [0.15, 0.2) is 0 Å². The molecule has 0 radical (unpaired) electrons. The van der Waals surface area contributed by atoms with Gasteiger partial charge in [-0.2, -0.15) is 0 Å². The van der Waals surface area contributed by atoms with Gasteiger partial charge in [-0.1, -0.05) is 61.5 Å². The summed E-state index contributed by atoms with van der Waals surface area (Å²) in [4.78, 5) is 28.8. The molecule has 0 aliphatic rings. The van der Waals surface area contributed by atoms with Crippen molar-refractivity contribution in [3.8, 4) is 11.5 Å². The van der Waals surface area contributed by atoms with Gasteiger partial charge >= 0.3 is 0 Å². The number of benzene rings is 3. The summed E-state index contributed by atoms with van der Waals surface area (Å²) in [6, 6.07) is 24.7. The zero-order valence-electron chi connectivity index (χ0n) is 21.8. The molecule has 0 heterocycles. The third kappa shape index (κ3) is 8.86. The molecule has 0 fully saturated rings. The van der Waals surface area contributed by atoms with E-state index in [0.29, 0.717) is 31.0 Å². The number of hydrogen-bond acceptors (Lipinski definition) is 5. The van der Waals surface area contributed by atoms with Crippen LogP contribution in [0.2, 0.25) is 0 Å². The first-order chi connectivity index (χ1) is 18.0. The summed E-state index contributed by atoms with van der Waals surface area (Å²) in [6.45, 7) is 2.90. The number of thioether (sulfide) groups is 1. The average Bonchev–Trinajstić information content (AvgIpc) is 2.94. The molecule has 3 aromatic rings. The van der Waals surface area contributed by atoms with Crippen LogP contribution >= 0.6 is 11.8 Å². The second-order valence-electron chi connectivity index (χ2n) is 8.71. The van der Waals surface area contributed by atoms with Gasteiger partial charge in [0.05, 0.1) is 20.0 Å². The Morgan fingerprint density at radius 1 is 0.865 bits per heavy atom. The molecule has 3 rings (SSSR count). The maximum absolute atomic E-state index is 13.7. The van der Waals surface area contributed by atoms with Crippen molar-refractivity contribution in [3.05, 3.63) is 95.6 Å². The smallest absolute Gasteiger partial charge is 0.243 e. The molecule has 0 saturated heterocycles. The molecule has 0 spiro atoms. The van der Waals surface area contributed by atoms with Gasteiger partial charge in [-0.25, -0.2) is 0 Å². The lowest BCUT2D eigenvalue weighted by molar-refractivity contribution is -0.139. The van der Waals surface area contributed by atoms with Crippen LogP contribution in [0.5, 0.6) is 11.5 Å². The van der Waals surface area contributed by atoms with E-state index in [0.717, 1.165) is 28.9 Å². The predicted molar refractivity (Wildman–Crippen MR) is 150 cm³/mol. The number of methoxy groups -OCH3 is 2. The highest BCUT2D eigenvalue weighted by Crippen LogP contribution is 2.21. The van der Waals surface area contributed by atoms with E-state index in [4.69, 9.17) is 9.47 Å². The average molecular weight is 521 g/mol. The molecule has 1 N–H and O–H groups in total. The molecule has 196 valence electrons. The van der Waals surface area contributed by atoms with Gasteiger partial charge < -0.3 is 19.7 Å². The monoisotopic (exact) mass is 520 g/mol. The Kier molecular flexibility index (Phi) is 11.4. The Labute approximate surface area is 224 Å². The number of hydrogen-bond donors (Lipinski definition) is 1. The van der Waals surface area contributed by atoms with E-state index in [9.17, 15) is 9.59 Å². The minimum Gasteiger partial charge on any atom is -0.497 e. The van der Waals surface area contributed by atoms with Crippen LogP contribution in [0, 0.1) is 0 Å². The number of rotatable bonds is 14.